The highest BCUT2D eigenvalue weighted by molar-refractivity contribution is 6.30. The first-order chi connectivity index (χ1) is 12.5. The van der Waals surface area contributed by atoms with Crippen LogP contribution in [0.2, 0.25) is 5.02 Å². The van der Waals surface area contributed by atoms with Gasteiger partial charge in [-0.25, -0.2) is 9.59 Å². The lowest BCUT2D eigenvalue weighted by atomic mass is 10.3. The zero-order valence-corrected chi connectivity index (χ0v) is 15.1. The van der Waals surface area contributed by atoms with Crippen LogP contribution >= 0.6 is 11.6 Å². The van der Waals surface area contributed by atoms with Crippen molar-refractivity contribution in [1.29, 1.82) is 5.26 Å². The van der Waals surface area contributed by atoms with Crippen molar-refractivity contribution in [3.05, 3.63) is 41.2 Å². The summed E-state index contributed by atoms with van der Waals surface area (Å²) in [5, 5.41) is 14.9. The summed E-state index contributed by atoms with van der Waals surface area (Å²) in [4.78, 5) is 27.3. The van der Waals surface area contributed by atoms with E-state index in [1.54, 1.807) is 36.1 Å². The average molecular weight is 378 g/mol. The molecule has 1 fully saturated rings. The number of carbonyl (C=O) groups excluding carboxylic acids is 2. The third-order valence-electron chi connectivity index (χ3n) is 3.69. The molecule has 3 amide bonds. The van der Waals surface area contributed by atoms with Crippen LogP contribution in [-0.2, 0) is 4.74 Å². The summed E-state index contributed by atoms with van der Waals surface area (Å²) in [6, 6.07) is 8.13. The largest absolute Gasteiger partial charge is 0.450 e. The number of piperazine rings is 1. The minimum atomic E-state index is -0.471. The molecule has 0 saturated carbocycles. The second kappa shape index (κ2) is 9.53. The Hall–Kier alpha value is -2.92. The topological polar surface area (TPSA) is 97.7 Å². The minimum Gasteiger partial charge on any atom is -0.450 e. The molecule has 138 valence electrons. The molecule has 0 spiro atoms. The third-order valence-corrected chi connectivity index (χ3v) is 3.94. The van der Waals surface area contributed by atoms with Gasteiger partial charge < -0.3 is 19.9 Å². The first-order valence-corrected chi connectivity index (χ1v) is 8.51. The number of halogens is 1. The first-order valence-electron chi connectivity index (χ1n) is 8.13. The monoisotopic (exact) mass is 377 g/mol. The maximum atomic E-state index is 12.2. The Morgan fingerprint density at radius 1 is 1.23 bits per heavy atom. The van der Waals surface area contributed by atoms with E-state index in [4.69, 9.17) is 21.6 Å². The molecule has 1 aromatic carbocycles. The van der Waals surface area contributed by atoms with Crippen molar-refractivity contribution in [2.75, 3.05) is 38.1 Å². The van der Waals surface area contributed by atoms with E-state index < -0.39 is 6.03 Å². The van der Waals surface area contributed by atoms with E-state index in [2.05, 4.69) is 10.6 Å². The fourth-order valence-corrected chi connectivity index (χ4v) is 2.55. The molecule has 2 rings (SSSR count). The maximum Gasteiger partial charge on any atom is 0.409 e. The van der Waals surface area contributed by atoms with E-state index in [9.17, 15) is 9.59 Å². The summed E-state index contributed by atoms with van der Waals surface area (Å²) in [6.07, 6.45) is 0.910. The number of hydrogen-bond acceptors (Lipinski definition) is 5. The van der Waals surface area contributed by atoms with Gasteiger partial charge in [-0.3, -0.25) is 5.32 Å². The van der Waals surface area contributed by atoms with Crippen LogP contribution < -0.4 is 10.6 Å². The number of hydrogen-bond donors (Lipinski definition) is 2. The van der Waals surface area contributed by atoms with Crippen molar-refractivity contribution in [3.63, 3.8) is 0 Å². The minimum absolute atomic E-state index is 0.324. The number of nitrogens with one attached hydrogen (secondary N) is 2. The van der Waals surface area contributed by atoms with Gasteiger partial charge in [0, 0.05) is 36.9 Å². The number of urea groups is 1. The highest BCUT2D eigenvalue weighted by atomic mass is 35.5. The molecule has 26 heavy (non-hydrogen) atoms. The number of nitrogens with zero attached hydrogens (tertiary/aromatic N) is 3. The molecule has 0 radical (unpaired) electrons. The number of nitriles is 1. The molecule has 8 nitrogen and oxygen atoms in total. The highest BCUT2D eigenvalue weighted by Gasteiger charge is 2.24. The van der Waals surface area contributed by atoms with Gasteiger partial charge in [-0.05, 0) is 31.2 Å². The van der Waals surface area contributed by atoms with E-state index in [0.29, 0.717) is 49.3 Å². The Morgan fingerprint density at radius 2 is 1.85 bits per heavy atom. The van der Waals surface area contributed by atoms with Crippen LogP contribution in [0.15, 0.2) is 36.2 Å². The van der Waals surface area contributed by atoms with Crippen LogP contribution in [-0.4, -0.2) is 54.7 Å². The molecule has 1 heterocycles. The molecular weight excluding hydrogens is 358 g/mol. The molecule has 0 aromatic heterocycles. The molecule has 9 heteroatoms. The third kappa shape index (κ3) is 5.57. The lowest BCUT2D eigenvalue weighted by Gasteiger charge is -2.36. The van der Waals surface area contributed by atoms with E-state index in [1.165, 1.54) is 6.08 Å². The smallest absolute Gasteiger partial charge is 0.409 e. The van der Waals surface area contributed by atoms with Crippen molar-refractivity contribution in [3.8, 4) is 6.07 Å². The highest BCUT2D eigenvalue weighted by Crippen LogP contribution is 2.14. The normalized spacial score (nSPS) is 14.4. The fourth-order valence-electron chi connectivity index (χ4n) is 2.42. The Kier molecular flexibility index (Phi) is 7.12. The zero-order chi connectivity index (χ0) is 18.9. The van der Waals surface area contributed by atoms with Crippen molar-refractivity contribution >= 4 is 29.4 Å². The summed E-state index contributed by atoms with van der Waals surface area (Å²) in [5.41, 5.74) is 0.579. The molecule has 1 aliphatic rings. The maximum absolute atomic E-state index is 12.2. The summed E-state index contributed by atoms with van der Waals surface area (Å²) in [5.74, 6) is 0.377. The van der Waals surface area contributed by atoms with E-state index >= 15 is 0 Å². The second-order valence-electron chi connectivity index (χ2n) is 5.42. The molecule has 0 bridgehead atoms. The Bertz CT molecular complexity index is 706. The van der Waals surface area contributed by atoms with E-state index in [-0.39, 0.29) is 6.09 Å². The van der Waals surface area contributed by atoms with Gasteiger partial charge in [-0.2, -0.15) is 5.26 Å². The molecule has 1 aliphatic heterocycles. The standard InChI is InChI=1S/C17H20ClN5O3/c1-2-26-17(25)23-11-9-22(10-12-23)15(7-8-19)21-16(24)20-14-5-3-13(18)4-6-14/h3-7H,2,9-12H2,1H3,(H2,20,21,24)/b15-7-. The van der Waals surface area contributed by atoms with Gasteiger partial charge in [-0.15, -0.1) is 0 Å². The van der Waals surface area contributed by atoms with Gasteiger partial charge in [0.25, 0.3) is 0 Å². The van der Waals surface area contributed by atoms with Gasteiger partial charge in [0.05, 0.1) is 18.8 Å². The number of rotatable bonds is 4. The number of carbonyl (C=O) groups is 2. The molecule has 0 atom stereocenters. The van der Waals surface area contributed by atoms with Crippen molar-refractivity contribution in [1.82, 2.24) is 15.1 Å². The predicted molar refractivity (Wildman–Crippen MR) is 97.5 cm³/mol. The van der Waals surface area contributed by atoms with Gasteiger partial charge in [0.15, 0.2) is 0 Å². The van der Waals surface area contributed by atoms with Gasteiger partial charge in [0.1, 0.15) is 5.82 Å². The summed E-state index contributed by atoms with van der Waals surface area (Å²) in [6.45, 7) is 3.93. The number of amides is 3. The Balaban J connectivity index is 1.92. The van der Waals surface area contributed by atoms with Crippen LogP contribution in [0.1, 0.15) is 6.92 Å². The zero-order valence-electron chi connectivity index (χ0n) is 14.4. The first kappa shape index (κ1) is 19.4. The molecule has 1 saturated heterocycles. The van der Waals surface area contributed by atoms with Gasteiger partial charge in [-0.1, -0.05) is 11.6 Å². The van der Waals surface area contributed by atoms with Crippen molar-refractivity contribution in [2.45, 2.75) is 6.92 Å². The Labute approximate surface area is 157 Å². The van der Waals surface area contributed by atoms with Crippen molar-refractivity contribution < 1.29 is 14.3 Å². The van der Waals surface area contributed by atoms with Gasteiger partial charge >= 0.3 is 12.1 Å². The molecule has 0 aliphatic carbocycles. The number of benzene rings is 1. The lowest BCUT2D eigenvalue weighted by molar-refractivity contribution is 0.0857. The van der Waals surface area contributed by atoms with E-state index in [1.807, 2.05) is 11.0 Å². The second-order valence-corrected chi connectivity index (χ2v) is 5.85. The van der Waals surface area contributed by atoms with Crippen LogP contribution in [0, 0.1) is 11.3 Å². The van der Waals surface area contributed by atoms with Crippen LogP contribution in [0.3, 0.4) is 0 Å². The molecule has 0 unspecified atom stereocenters. The van der Waals surface area contributed by atoms with Crippen LogP contribution in [0.5, 0.6) is 0 Å². The molecule has 1 aromatic rings. The summed E-state index contributed by atoms with van der Waals surface area (Å²) >= 11 is 5.81. The number of anilines is 1. The Morgan fingerprint density at radius 3 is 2.42 bits per heavy atom. The average Bonchev–Trinajstić information content (AvgIpc) is 2.63. The lowest BCUT2D eigenvalue weighted by Crippen LogP contribution is -2.51. The SMILES string of the molecule is CCOC(=O)N1CCN(/C(=C\C#N)NC(=O)Nc2ccc(Cl)cc2)CC1. The number of allylic oxidation sites excluding steroid dienone is 1. The summed E-state index contributed by atoms with van der Waals surface area (Å²) in [7, 11) is 0. The quantitative estimate of drug-likeness (QED) is 0.786. The fraction of sp³-hybridized carbons (Fsp3) is 0.353. The van der Waals surface area contributed by atoms with Gasteiger partial charge in [0.2, 0.25) is 0 Å². The van der Waals surface area contributed by atoms with Crippen LogP contribution in [0.25, 0.3) is 0 Å². The van der Waals surface area contributed by atoms with Crippen molar-refractivity contribution in [2.24, 2.45) is 0 Å². The predicted octanol–water partition coefficient (Wildman–Crippen LogP) is 2.60. The molecule has 2 N–H and O–H groups in total. The van der Waals surface area contributed by atoms with E-state index in [0.717, 1.165) is 0 Å². The molecular formula is C17H20ClN5O3. The summed E-state index contributed by atoms with van der Waals surface area (Å²) < 4.78 is 4.98. The van der Waals surface area contributed by atoms with Crippen LogP contribution in [0.4, 0.5) is 15.3 Å². The number of ether oxygens (including phenoxy) is 1.